The number of rotatable bonds is 10. The molecule has 1 aromatic rings. The van der Waals surface area contributed by atoms with Crippen LogP contribution in [-0.4, -0.2) is 40.6 Å². The maximum atomic E-state index is 12.1. The van der Waals surface area contributed by atoms with Crippen molar-refractivity contribution in [2.75, 3.05) is 26.2 Å². The predicted octanol–water partition coefficient (Wildman–Crippen LogP) is 1.96. The Hall–Kier alpha value is -1.60. The molecule has 1 aromatic carbocycles. The SMILES string of the molecule is CCNC(=NCCCC(C)C)NCCNS(=O)(=O)c1ccccc1. The second kappa shape index (κ2) is 11.0. The Labute approximate surface area is 146 Å². The summed E-state index contributed by atoms with van der Waals surface area (Å²) in [6.45, 7) is 8.71. The van der Waals surface area contributed by atoms with Gasteiger partial charge in [-0.3, -0.25) is 4.99 Å². The third-order valence-corrected chi connectivity index (χ3v) is 4.79. The lowest BCUT2D eigenvalue weighted by Crippen LogP contribution is -2.41. The molecule has 0 aliphatic rings. The fourth-order valence-electron chi connectivity index (χ4n) is 2.08. The van der Waals surface area contributed by atoms with E-state index < -0.39 is 10.0 Å². The molecule has 0 bridgehead atoms. The Bertz CT molecular complexity index is 586. The minimum absolute atomic E-state index is 0.277. The molecule has 0 unspecified atom stereocenters. The minimum Gasteiger partial charge on any atom is -0.357 e. The summed E-state index contributed by atoms with van der Waals surface area (Å²) < 4.78 is 26.8. The van der Waals surface area contributed by atoms with Crippen LogP contribution in [0.15, 0.2) is 40.2 Å². The van der Waals surface area contributed by atoms with E-state index in [1.807, 2.05) is 6.92 Å². The van der Waals surface area contributed by atoms with Crippen LogP contribution in [0.3, 0.4) is 0 Å². The van der Waals surface area contributed by atoms with Crippen molar-refractivity contribution in [1.82, 2.24) is 15.4 Å². The van der Waals surface area contributed by atoms with E-state index in [4.69, 9.17) is 0 Å². The normalized spacial score (nSPS) is 12.4. The zero-order valence-corrected chi connectivity index (χ0v) is 15.7. The molecule has 3 N–H and O–H groups in total. The van der Waals surface area contributed by atoms with Crippen LogP contribution in [0.4, 0.5) is 0 Å². The van der Waals surface area contributed by atoms with Gasteiger partial charge in [-0.25, -0.2) is 13.1 Å². The fraction of sp³-hybridized carbons (Fsp3) is 0.588. The summed E-state index contributed by atoms with van der Waals surface area (Å²) in [4.78, 5) is 4.77. The number of nitrogens with one attached hydrogen (secondary N) is 3. The van der Waals surface area contributed by atoms with Crippen molar-refractivity contribution in [2.45, 2.75) is 38.5 Å². The van der Waals surface area contributed by atoms with Crippen LogP contribution in [0.2, 0.25) is 0 Å². The van der Waals surface area contributed by atoms with E-state index in [2.05, 4.69) is 34.2 Å². The van der Waals surface area contributed by atoms with E-state index in [1.54, 1.807) is 30.3 Å². The molecule has 6 nitrogen and oxygen atoms in total. The number of guanidine groups is 1. The first-order chi connectivity index (χ1) is 11.5. The van der Waals surface area contributed by atoms with E-state index in [1.165, 1.54) is 0 Å². The van der Waals surface area contributed by atoms with E-state index in [9.17, 15) is 8.42 Å². The van der Waals surface area contributed by atoms with Crippen molar-refractivity contribution in [1.29, 1.82) is 0 Å². The summed E-state index contributed by atoms with van der Waals surface area (Å²) in [5.41, 5.74) is 0. The molecule has 0 amide bonds. The standard InChI is InChI=1S/C17H30N4O2S/c1-4-18-17(19-12-8-9-15(2)3)20-13-14-21-24(22,23)16-10-6-5-7-11-16/h5-7,10-11,15,21H,4,8-9,12-14H2,1-3H3,(H2,18,19,20). The number of hydrogen-bond acceptors (Lipinski definition) is 3. The molecule has 24 heavy (non-hydrogen) atoms. The lowest BCUT2D eigenvalue weighted by atomic mass is 10.1. The monoisotopic (exact) mass is 354 g/mol. The first kappa shape index (κ1) is 20.4. The van der Waals surface area contributed by atoms with Crippen LogP contribution >= 0.6 is 0 Å². The van der Waals surface area contributed by atoms with Gasteiger partial charge in [-0.2, -0.15) is 0 Å². The van der Waals surface area contributed by atoms with Gasteiger partial charge in [0.25, 0.3) is 0 Å². The highest BCUT2D eigenvalue weighted by atomic mass is 32.2. The molecule has 0 radical (unpaired) electrons. The number of sulfonamides is 1. The van der Waals surface area contributed by atoms with Gasteiger partial charge in [0.05, 0.1) is 4.90 Å². The van der Waals surface area contributed by atoms with Crippen molar-refractivity contribution >= 4 is 16.0 Å². The first-order valence-corrected chi connectivity index (χ1v) is 10.0. The van der Waals surface area contributed by atoms with Crippen LogP contribution in [0.1, 0.15) is 33.6 Å². The first-order valence-electron chi connectivity index (χ1n) is 8.52. The van der Waals surface area contributed by atoms with Crippen molar-refractivity contribution in [3.05, 3.63) is 30.3 Å². The summed E-state index contributed by atoms with van der Waals surface area (Å²) in [6, 6.07) is 8.37. The molecule has 136 valence electrons. The number of nitrogens with zero attached hydrogens (tertiary/aromatic N) is 1. The largest absolute Gasteiger partial charge is 0.357 e. The van der Waals surface area contributed by atoms with Gasteiger partial charge in [-0.1, -0.05) is 32.0 Å². The second-order valence-corrected chi connectivity index (χ2v) is 7.70. The zero-order valence-electron chi connectivity index (χ0n) is 14.9. The highest BCUT2D eigenvalue weighted by molar-refractivity contribution is 7.89. The Balaban J connectivity index is 2.38. The van der Waals surface area contributed by atoms with Crippen LogP contribution in [-0.2, 0) is 10.0 Å². The number of aliphatic imine (C=N–C) groups is 1. The van der Waals surface area contributed by atoms with Crippen LogP contribution < -0.4 is 15.4 Å². The molecule has 0 aliphatic heterocycles. The molecule has 0 saturated heterocycles. The fourth-order valence-corrected chi connectivity index (χ4v) is 3.13. The van der Waals surface area contributed by atoms with E-state index in [-0.39, 0.29) is 4.90 Å². The Morgan fingerprint density at radius 1 is 1.12 bits per heavy atom. The smallest absolute Gasteiger partial charge is 0.240 e. The van der Waals surface area contributed by atoms with Gasteiger partial charge in [0, 0.05) is 26.2 Å². The van der Waals surface area contributed by atoms with Crippen LogP contribution in [0, 0.1) is 5.92 Å². The number of hydrogen-bond donors (Lipinski definition) is 3. The maximum Gasteiger partial charge on any atom is 0.240 e. The summed E-state index contributed by atoms with van der Waals surface area (Å²) in [5, 5.41) is 6.31. The average molecular weight is 355 g/mol. The van der Waals surface area contributed by atoms with Gasteiger partial charge in [0.1, 0.15) is 0 Å². The topological polar surface area (TPSA) is 82.6 Å². The van der Waals surface area contributed by atoms with E-state index in [0.29, 0.717) is 19.0 Å². The van der Waals surface area contributed by atoms with Crippen LogP contribution in [0.5, 0.6) is 0 Å². The summed E-state index contributed by atoms with van der Waals surface area (Å²) in [5.74, 6) is 1.41. The van der Waals surface area contributed by atoms with Gasteiger partial charge in [-0.15, -0.1) is 0 Å². The van der Waals surface area contributed by atoms with Crippen molar-refractivity contribution in [3.63, 3.8) is 0 Å². The maximum absolute atomic E-state index is 12.1. The lowest BCUT2D eigenvalue weighted by molar-refractivity contribution is 0.560. The molecule has 0 fully saturated rings. The van der Waals surface area contributed by atoms with Gasteiger partial charge in [0.15, 0.2) is 5.96 Å². The van der Waals surface area contributed by atoms with Gasteiger partial charge >= 0.3 is 0 Å². The van der Waals surface area contributed by atoms with Gasteiger partial charge in [0.2, 0.25) is 10.0 Å². The third-order valence-electron chi connectivity index (χ3n) is 3.32. The Kier molecular flexibility index (Phi) is 9.41. The van der Waals surface area contributed by atoms with E-state index in [0.717, 1.165) is 31.9 Å². The third kappa shape index (κ3) is 8.31. The molecule has 0 atom stereocenters. The molecule has 0 spiro atoms. The Morgan fingerprint density at radius 2 is 1.83 bits per heavy atom. The predicted molar refractivity (Wildman–Crippen MR) is 99.7 cm³/mol. The zero-order chi connectivity index (χ0) is 17.8. The van der Waals surface area contributed by atoms with Crippen molar-refractivity contribution in [3.8, 4) is 0 Å². The van der Waals surface area contributed by atoms with Gasteiger partial charge < -0.3 is 10.6 Å². The highest BCUT2D eigenvalue weighted by Crippen LogP contribution is 2.06. The Morgan fingerprint density at radius 3 is 2.46 bits per heavy atom. The molecule has 0 heterocycles. The van der Waals surface area contributed by atoms with Crippen molar-refractivity contribution < 1.29 is 8.42 Å². The highest BCUT2D eigenvalue weighted by Gasteiger charge is 2.11. The summed E-state index contributed by atoms with van der Waals surface area (Å²) >= 11 is 0. The molecule has 7 heteroatoms. The molecular formula is C17H30N4O2S. The summed E-state index contributed by atoms with van der Waals surface area (Å²) in [6.07, 6.45) is 2.20. The molecule has 1 rings (SSSR count). The molecule has 0 aromatic heterocycles. The molecular weight excluding hydrogens is 324 g/mol. The second-order valence-electron chi connectivity index (χ2n) is 5.93. The van der Waals surface area contributed by atoms with Gasteiger partial charge in [-0.05, 0) is 37.8 Å². The van der Waals surface area contributed by atoms with Crippen LogP contribution in [0.25, 0.3) is 0 Å². The minimum atomic E-state index is -3.45. The van der Waals surface area contributed by atoms with E-state index >= 15 is 0 Å². The molecule has 0 saturated carbocycles. The number of benzene rings is 1. The van der Waals surface area contributed by atoms with Crippen molar-refractivity contribution in [2.24, 2.45) is 10.9 Å². The quantitative estimate of drug-likeness (QED) is 0.341. The average Bonchev–Trinajstić information content (AvgIpc) is 2.56. The lowest BCUT2D eigenvalue weighted by Gasteiger charge is -2.12. The summed E-state index contributed by atoms with van der Waals surface area (Å²) in [7, 11) is -3.45. The molecule has 0 aliphatic carbocycles.